The molecular weight excluding hydrogens is 216 g/mol. The monoisotopic (exact) mass is 236 g/mol. The number of nitrogens with one attached hydrogen (secondary N) is 1. The number of benzene rings is 1. The summed E-state index contributed by atoms with van der Waals surface area (Å²) in [6.45, 7) is 6.25. The number of carboxylic acid groups (broad SMARTS) is 1. The zero-order valence-corrected chi connectivity index (χ0v) is 11.0. The molecular formula is C13H20N2O2. The molecule has 0 radical (unpaired) electrons. The zero-order chi connectivity index (χ0) is 13.2. The maximum atomic E-state index is 10.6. The molecule has 17 heavy (non-hydrogen) atoms. The Morgan fingerprint density at radius 3 is 2.41 bits per heavy atom. The minimum Gasteiger partial charge on any atom is -0.465 e. The summed E-state index contributed by atoms with van der Waals surface area (Å²) in [6.07, 6.45) is -1.04. The Balaban J connectivity index is 3.19. The van der Waals surface area contributed by atoms with Gasteiger partial charge in [0.05, 0.1) is 0 Å². The molecule has 1 aromatic rings. The Kier molecular flexibility index (Phi) is 3.78. The van der Waals surface area contributed by atoms with Gasteiger partial charge in [-0.1, -0.05) is 6.07 Å². The number of nitrogens with zero attached hydrogens (tertiary/aromatic N) is 1. The molecule has 0 aromatic heterocycles. The van der Waals surface area contributed by atoms with Crippen molar-refractivity contribution >= 4 is 11.8 Å². The van der Waals surface area contributed by atoms with Gasteiger partial charge in [0.2, 0.25) is 0 Å². The van der Waals surface area contributed by atoms with E-state index in [2.05, 4.69) is 24.1 Å². The van der Waals surface area contributed by atoms with Crippen LogP contribution < -0.4 is 5.32 Å². The van der Waals surface area contributed by atoms with Gasteiger partial charge >= 0.3 is 6.09 Å². The fourth-order valence-corrected chi connectivity index (χ4v) is 1.72. The highest BCUT2D eigenvalue weighted by Crippen LogP contribution is 2.30. The SMILES string of the molecule is Cc1ccc(NC(=O)O)cc1C(C)(C)N(C)C. The molecule has 0 saturated carbocycles. The van der Waals surface area contributed by atoms with Crippen molar-refractivity contribution in [3.8, 4) is 0 Å². The maximum absolute atomic E-state index is 10.6. The van der Waals surface area contributed by atoms with E-state index in [1.165, 1.54) is 0 Å². The van der Waals surface area contributed by atoms with E-state index in [1.807, 2.05) is 33.2 Å². The van der Waals surface area contributed by atoms with Crippen LogP contribution in [0.5, 0.6) is 0 Å². The summed E-state index contributed by atoms with van der Waals surface area (Å²) in [5.41, 5.74) is 2.74. The fourth-order valence-electron chi connectivity index (χ4n) is 1.72. The second-order valence-corrected chi connectivity index (χ2v) is 4.91. The van der Waals surface area contributed by atoms with Crippen LogP contribution in [0.2, 0.25) is 0 Å². The lowest BCUT2D eigenvalue weighted by Crippen LogP contribution is -2.36. The lowest BCUT2D eigenvalue weighted by atomic mass is 9.89. The van der Waals surface area contributed by atoms with Crippen molar-refractivity contribution in [1.29, 1.82) is 0 Å². The first-order valence-electron chi connectivity index (χ1n) is 5.53. The van der Waals surface area contributed by atoms with Gasteiger partial charge in [-0.2, -0.15) is 0 Å². The van der Waals surface area contributed by atoms with Crippen LogP contribution in [0.25, 0.3) is 0 Å². The Morgan fingerprint density at radius 1 is 1.35 bits per heavy atom. The third-order valence-electron chi connectivity index (χ3n) is 3.27. The number of hydrogen-bond acceptors (Lipinski definition) is 2. The molecule has 0 fully saturated rings. The summed E-state index contributed by atoms with van der Waals surface area (Å²) in [5, 5.41) is 11.1. The highest BCUT2D eigenvalue weighted by atomic mass is 16.4. The van der Waals surface area contributed by atoms with E-state index in [4.69, 9.17) is 5.11 Å². The molecule has 4 nitrogen and oxygen atoms in total. The van der Waals surface area contributed by atoms with E-state index < -0.39 is 6.09 Å². The van der Waals surface area contributed by atoms with Gasteiger partial charge < -0.3 is 10.0 Å². The topological polar surface area (TPSA) is 52.6 Å². The number of hydrogen-bond donors (Lipinski definition) is 2. The Hall–Kier alpha value is -1.55. The third-order valence-corrected chi connectivity index (χ3v) is 3.27. The van der Waals surface area contributed by atoms with E-state index in [0.717, 1.165) is 11.1 Å². The molecule has 1 aromatic carbocycles. The van der Waals surface area contributed by atoms with Crippen molar-refractivity contribution in [2.24, 2.45) is 0 Å². The van der Waals surface area contributed by atoms with Crippen molar-refractivity contribution in [3.63, 3.8) is 0 Å². The quantitative estimate of drug-likeness (QED) is 0.848. The summed E-state index contributed by atoms with van der Waals surface area (Å²) in [5.74, 6) is 0. The third kappa shape index (κ3) is 2.97. The van der Waals surface area contributed by atoms with Crippen LogP contribution in [0.1, 0.15) is 25.0 Å². The average molecular weight is 236 g/mol. The number of carbonyl (C=O) groups is 1. The highest BCUT2D eigenvalue weighted by Gasteiger charge is 2.25. The van der Waals surface area contributed by atoms with E-state index in [0.29, 0.717) is 5.69 Å². The molecule has 0 atom stereocenters. The molecule has 4 heteroatoms. The molecule has 2 N–H and O–H groups in total. The number of aryl methyl sites for hydroxylation is 1. The summed E-state index contributed by atoms with van der Waals surface area (Å²) < 4.78 is 0. The van der Waals surface area contributed by atoms with Crippen molar-refractivity contribution < 1.29 is 9.90 Å². The van der Waals surface area contributed by atoms with Crippen LogP contribution >= 0.6 is 0 Å². The molecule has 1 rings (SSSR count). The zero-order valence-electron chi connectivity index (χ0n) is 11.0. The Morgan fingerprint density at radius 2 is 1.94 bits per heavy atom. The van der Waals surface area contributed by atoms with Crippen LogP contribution in [0.4, 0.5) is 10.5 Å². The Labute approximate surface area is 102 Å². The minimum atomic E-state index is -1.04. The molecule has 0 unspecified atom stereocenters. The van der Waals surface area contributed by atoms with Crippen molar-refractivity contribution in [1.82, 2.24) is 4.90 Å². The number of rotatable bonds is 3. The number of amides is 1. The number of anilines is 1. The molecule has 0 spiro atoms. The lowest BCUT2D eigenvalue weighted by molar-refractivity contribution is 0.197. The van der Waals surface area contributed by atoms with Crippen molar-refractivity contribution in [3.05, 3.63) is 29.3 Å². The van der Waals surface area contributed by atoms with E-state index in [-0.39, 0.29) is 5.54 Å². The highest BCUT2D eigenvalue weighted by molar-refractivity contribution is 5.83. The first kappa shape index (κ1) is 13.5. The van der Waals surface area contributed by atoms with Gasteiger partial charge in [-0.25, -0.2) is 4.79 Å². The van der Waals surface area contributed by atoms with Crippen molar-refractivity contribution in [2.75, 3.05) is 19.4 Å². The van der Waals surface area contributed by atoms with Gasteiger partial charge in [-0.3, -0.25) is 5.32 Å². The van der Waals surface area contributed by atoms with E-state index >= 15 is 0 Å². The summed E-state index contributed by atoms with van der Waals surface area (Å²) in [7, 11) is 4.02. The lowest BCUT2D eigenvalue weighted by Gasteiger charge is -2.34. The van der Waals surface area contributed by atoms with E-state index in [9.17, 15) is 4.79 Å². The van der Waals surface area contributed by atoms with Gasteiger partial charge in [0.1, 0.15) is 0 Å². The fraction of sp³-hybridized carbons (Fsp3) is 0.462. The van der Waals surface area contributed by atoms with E-state index in [1.54, 1.807) is 6.07 Å². The predicted molar refractivity (Wildman–Crippen MR) is 69.5 cm³/mol. The molecule has 0 saturated heterocycles. The standard InChI is InChI=1S/C13H20N2O2/c1-9-6-7-10(14-12(16)17)8-11(9)13(2,3)15(4)5/h6-8,14H,1-5H3,(H,16,17). The first-order chi connectivity index (χ1) is 7.75. The largest absolute Gasteiger partial charge is 0.465 e. The molecule has 0 aliphatic heterocycles. The molecule has 0 bridgehead atoms. The second-order valence-electron chi connectivity index (χ2n) is 4.91. The second kappa shape index (κ2) is 4.75. The van der Waals surface area contributed by atoms with Gasteiger partial charge in [-0.15, -0.1) is 0 Å². The average Bonchev–Trinajstić information content (AvgIpc) is 2.19. The first-order valence-corrected chi connectivity index (χ1v) is 5.53. The predicted octanol–water partition coefficient (Wildman–Crippen LogP) is 2.88. The molecule has 0 aliphatic rings. The summed E-state index contributed by atoms with van der Waals surface area (Å²) >= 11 is 0. The molecule has 94 valence electrons. The smallest absolute Gasteiger partial charge is 0.409 e. The summed E-state index contributed by atoms with van der Waals surface area (Å²) in [6, 6.07) is 5.61. The van der Waals surface area contributed by atoms with Gasteiger partial charge in [0, 0.05) is 11.2 Å². The van der Waals surface area contributed by atoms with Crippen LogP contribution in [0.15, 0.2) is 18.2 Å². The van der Waals surface area contributed by atoms with Gasteiger partial charge in [0.25, 0.3) is 0 Å². The maximum Gasteiger partial charge on any atom is 0.409 e. The molecule has 0 heterocycles. The van der Waals surface area contributed by atoms with Gasteiger partial charge in [-0.05, 0) is 58.1 Å². The van der Waals surface area contributed by atoms with Gasteiger partial charge in [0.15, 0.2) is 0 Å². The van der Waals surface area contributed by atoms with Crippen molar-refractivity contribution in [2.45, 2.75) is 26.3 Å². The van der Waals surface area contributed by atoms with Crippen LogP contribution in [0.3, 0.4) is 0 Å². The van der Waals surface area contributed by atoms with Crippen LogP contribution in [-0.4, -0.2) is 30.2 Å². The summed E-state index contributed by atoms with van der Waals surface area (Å²) in [4.78, 5) is 12.7. The normalized spacial score (nSPS) is 11.6. The minimum absolute atomic E-state index is 0.139. The van der Waals surface area contributed by atoms with Crippen LogP contribution in [-0.2, 0) is 5.54 Å². The van der Waals surface area contributed by atoms with Crippen LogP contribution in [0, 0.1) is 6.92 Å². The Bertz CT molecular complexity index is 425. The molecule has 1 amide bonds. The molecule has 0 aliphatic carbocycles.